The standard InChI is InChI=1S/C15H8F2O2/c16-10-4-1-3-9(7-10)11-8-19-13-6-2-5-12(17)14(13)15(11)18/h1-8H. The van der Waals surface area contributed by atoms with Gasteiger partial charge in [-0.2, -0.15) is 0 Å². The summed E-state index contributed by atoms with van der Waals surface area (Å²) in [6.45, 7) is 0. The summed E-state index contributed by atoms with van der Waals surface area (Å²) in [6, 6.07) is 9.69. The molecule has 4 heteroatoms. The Morgan fingerprint density at radius 1 is 1.00 bits per heavy atom. The second-order valence-corrected chi connectivity index (χ2v) is 4.10. The number of benzene rings is 2. The topological polar surface area (TPSA) is 30.2 Å². The predicted octanol–water partition coefficient (Wildman–Crippen LogP) is 3.74. The van der Waals surface area contributed by atoms with Gasteiger partial charge in [0.15, 0.2) is 0 Å². The van der Waals surface area contributed by atoms with Crippen molar-refractivity contribution in [1.82, 2.24) is 0 Å². The fourth-order valence-electron chi connectivity index (χ4n) is 1.99. The van der Waals surface area contributed by atoms with Gasteiger partial charge in [0.05, 0.1) is 5.56 Å². The van der Waals surface area contributed by atoms with Crippen molar-refractivity contribution in [3.05, 3.63) is 70.6 Å². The molecule has 0 N–H and O–H groups in total. The molecule has 3 rings (SSSR count). The van der Waals surface area contributed by atoms with Gasteiger partial charge in [0, 0.05) is 0 Å². The molecule has 0 aliphatic rings. The van der Waals surface area contributed by atoms with Crippen LogP contribution in [0.25, 0.3) is 22.1 Å². The van der Waals surface area contributed by atoms with Crippen LogP contribution in [0.3, 0.4) is 0 Å². The fraction of sp³-hybridized carbons (Fsp3) is 0. The lowest BCUT2D eigenvalue weighted by Gasteiger charge is -2.03. The second kappa shape index (κ2) is 4.31. The van der Waals surface area contributed by atoms with Crippen molar-refractivity contribution >= 4 is 11.0 Å². The zero-order valence-corrected chi connectivity index (χ0v) is 9.69. The number of hydrogen-bond acceptors (Lipinski definition) is 2. The second-order valence-electron chi connectivity index (χ2n) is 4.10. The van der Waals surface area contributed by atoms with Crippen molar-refractivity contribution in [2.75, 3.05) is 0 Å². The van der Waals surface area contributed by atoms with Gasteiger partial charge >= 0.3 is 0 Å². The molecule has 94 valence electrons. The monoisotopic (exact) mass is 258 g/mol. The van der Waals surface area contributed by atoms with Crippen LogP contribution in [0.4, 0.5) is 8.78 Å². The number of hydrogen-bond donors (Lipinski definition) is 0. The fourth-order valence-corrected chi connectivity index (χ4v) is 1.99. The van der Waals surface area contributed by atoms with Crippen LogP contribution in [-0.4, -0.2) is 0 Å². The molecular formula is C15H8F2O2. The molecule has 0 aliphatic heterocycles. The quantitative estimate of drug-likeness (QED) is 0.665. The van der Waals surface area contributed by atoms with Crippen LogP contribution in [0.15, 0.2) is 57.9 Å². The highest BCUT2D eigenvalue weighted by Crippen LogP contribution is 2.21. The van der Waals surface area contributed by atoms with E-state index in [0.717, 1.165) is 0 Å². The van der Waals surface area contributed by atoms with Crippen LogP contribution in [-0.2, 0) is 0 Å². The van der Waals surface area contributed by atoms with Crippen LogP contribution >= 0.6 is 0 Å². The molecule has 0 bridgehead atoms. The van der Waals surface area contributed by atoms with Gasteiger partial charge in [-0.05, 0) is 29.8 Å². The molecule has 0 unspecified atom stereocenters. The maximum absolute atomic E-state index is 13.7. The van der Waals surface area contributed by atoms with Gasteiger partial charge in [0.1, 0.15) is 28.9 Å². The van der Waals surface area contributed by atoms with Crippen molar-refractivity contribution < 1.29 is 13.2 Å². The molecule has 2 nitrogen and oxygen atoms in total. The third-order valence-electron chi connectivity index (χ3n) is 2.89. The van der Waals surface area contributed by atoms with Crippen LogP contribution in [0.2, 0.25) is 0 Å². The first-order chi connectivity index (χ1) is 9.16. The highest BCUT2D eigenvalue weighted by atomic mass is 19.1. The molecule has 0 fully saturated rings. The van der Waals surface area contributed by atoms with Crippen LogP contribution in [0.1, 0.15) is 0 Å². The molecule has 1 aromatic heterocycles. The van der Waals surface area contributed by atoms with Gasteiger partial charge in [-0.25, -0.2) is 8.78 Å². The maximum Gasteiger partial charge on any atom is 0.203 e. The zero-order chi connectivity index (χ0) is 13.4. The van der Waals surface area contributed by atoms with Gasteiger partial charge in [-0.1, -0.05) is 18.2 Å². The Morgan fingerprint density at radius 2 is 1.79 bits per heavy atom. The molecule has 0 aliphatic carbocycles. The average molecular weight is 258 g/mol. The Bertz CT molecular complexity index is 822. The third kappa shape index (κ3) is 1.91. The van der Waals surface area contributed by atoms with Crippen molar-refractivity contribution in [2.45, 2.75) is 0 Å². The molecule has 3 aromatic rings. The van der Waals surface area contributed by atoms with Gasteiger partial charge in [0.2, 0.25) is 5.43 Å². The Balaban J connectivity index is 2.35. The van der Waals surface area contributed by atoms with Gasteiger partial charge in [-0.15, -0.1) is 0 Å². The molecule has 0 radical (unpaired) electrons. The Kier molecular flexibility index (Phi) is 2.63. The highest BCUT2D eigenvalue weighted by Gasteiger charge is 2.12. The van der Waals surface area contributed by atoms with Crippen molar-refractivity contribution in [3.63, 3.8) is 0 Å². The molecule has 1 heterocycles. The predicted molar refractivity (Wildman–Crippen MR) is 67.8 cm³/mol. The molecule has 0 saturated heterocycles. The lowest BCUT2D eigenvalue weighted by molar-refractivity contribution is 0.593. The third-order valence-corrected chi connectivity index (χ3v) is 2.89. The minimum atomic E-state index is -0.649. The lowest BCUT2D eigenvalue weighted by Crippen LogP contribution is -2.06. The highest BCUT2D eigenvalue weighted by molar-refractivity contribution is 5.81. The van der Waals surface area contributed by atoms with E-state index < -0.39 is 17.1 Å². The summed E-state index contributed by atoms with van der Waals surface area (Å²) in [6.07, 6.45) is 1.22. The summed E-state index contributed by atoms with van der Waals surface area (Å²) in [4.78, 5) is 12.2. The molecule has 2 aromatic carbocycles. The van der Waals surface area contributed by atoms with Crippen LogP contribution in [0, 0.1) is 11.6 Å². The van der Waals surface area contributed by atoms with E-state index in [1.54, 1.807) is 6.07 Å². The Morgan fingerprint density at radius 3 is 2.58 bits per heavy atom. The largest absolute Gasteiger partial charge is 0.463 e. The summed E-state index contributed by atoms with van der Waals surface area (Å²) in [5.74, 6) is -1.12. The van der Waals surface area contributed by atoms with E-state index in [4.69, 9.17) is 4.42 Å². The molecule has 0 atom stereocenters. The lowest BCUT2D eigenvalue weighted by atomic mass is 10.1. The summed E-state index contributed by atoms with van der Waals surface area (Å²) >= 11 is 0. The average Bonchev–Trinajstić information content (AvgIpc) is 2.39. The van der Waals surface area contributed by atoms with E-state index in [0.29, 0.717) is 5.56 Å². The summed E-state index contributed by atoms with van der Waals surface area (Å²) in [5.41, 5.74) is 0.158. The van der Waals surface area contributed by atoms with E-state index in [1.165, 1.54) is 42.7 Å². The van der Waals surface area contributed by atoms with Gasteiger partial charge in [0.25, 0.3) is 0 Å². The first-order valence-corrected chi connectivity index (χ1v) is 5.63. The van der Waals surface area contributed by atoms with E-state index in [-0.39, 0.29) is 16.5 Å². The SMILES string of the molecule is O=c1c(-c2cccc(F)c2)coc2cccc(F)c12. The summed E-state index contributed by atoms with van der Waals surface area (Å²) in [5, 5.41) is -0.121. The first-order valence-electron chi connectivity index (χ1n) is 5.63. The van der Waals surface area contributed by atoms with E-state index >= 15 is 0 Å². The minimum Gasteiger partial charge on any atom is -0.463 e. The minimum absolute atomic E-state index is 0.121. The zero-order valence-electron chi connectivity index (χ0n) is 9.69. The van der Waals surface area contributed by atoms with Crippen molar-refractivity contribution in [3.8, 4) is 11.1 Å². The number of halogens is 2. The van der Waals surface area contributed by atoms with Crippen LogP contribution < -0.4 is 5.43 Å². The van der Waals surface area contributed by atoms with Crippen LogP contribution in [0.5, 0.6) is 0 Å². The van der Waals surface area contributed by atoms with Crippen molar-refractivity contribution in [1.29, 1.82) is 0 Å². The molecule has 19 heavy (non-hydrogen) atoms. The number of fused-ring (bicyclic) bond motifs is 1. The Hall–Kier alpha value is -2.49. The normalized spacial score (nSPS) is 10.8. The molecule has 0 spiro atoms. The van der Waals surface area contributed by atoms with E-state index in [2.05, 4.69) is 0 Å². The smallest absolute Gasteiger partial charge is 0.203 e. The molecule has 0 saturated carbocycles. The summed E-state index contributed by atoms with van der Waals surface area (Å²) in [7, 11) is 0. The maximum atomic E-state index is 13.7. The first kappa shape index (κ1) is 11.6. The number of rotatable bonds is 1. The van der Waals surface area contributed by atoms with E-state index in [1.807, 2.05) is 0 Å². The van der Waals surface area contributed by atoms with E-state index in [9.17, 15) is 13.6 Å². The van der Waals surface area contributed by atoms with Gasteiger partial charge < -0.3 is 4.42 Å². The Labute approximate surface area is 106 Å². The summed E-state index contributed by atoms with van der Waals surface area (Å²) < 4.78 is 32.1. The molecule has 0 amide bonds. The van der Waals surface area contributed by atoms with Gasteiger partial charge in [-0.3, -0.25) is 4.79 Å². The van der Waals surface area contributed by atoms with Crippen molar-refractivity contribution in [2.24, 2.45) is 0 Å². The molecular weight excluding hydrogens is 250 g/mol.